The normalized spacial score (nSPS) is 19.1. The van der Waals surface area contributed by atoms with Gasteiger partial charge in [-0.15, -0.1) is 0 Å². The van der Waals surface area contributed by atoms with Crippen LogP contribution in [0.25, 0.3) is 0 Å². The Morgan fingerprint density at radius 1 is 1.17 bits per heavy atom. The van der Waals surface area contributed by atoms with Crippen molar-refractivity contribution < 1.29 is 9.59 Å². The van der Waals surface area contributed by atoms with Crippen molar-refractivity contribution >= 4 is 11.8 Å². The van der Waals surface area contributed by atoms with Gasteiger partial charge in [-0.3, -0.25) is 14.3 Å². The van der Waals surface area contributed by atoms with Crippen molar-refractivity contribution in [2.75, 3.05) is 20.6 Å². The average molecular weight is 399 g/mol. The number of nitrogens with one attached hydrogen (secondary N) is 1. The maximum absolute atomic E-state index is 12.5. The van der Waals surface area contributed by atoms with Gasteiger partial charge in [-0.2, -0.15) is 5.10 Å². The van der Waals surface area contributed by atoms with E-state index in [4.69, 9.17) is 0 Å². The molecule has 2 aromatic rings. The molecule has 0 bridgehead atoms. The Balaban J connectivity index is 1.60. The van der Waals surface area contributed by atoms with E-state index in [2.05, 4.69) is 20.4 Å². The molecule has 1 aliphatic carbocycles. The van der Waals surface area contributed by atoms with Crippen molar-refractivity contribution in [3.63, 3.8) is 0 Å². The van der Waals surface area contributed by atoms with Crippen molar-refractivity contribution in [3.8, 4) is 0 Å². The van der Waals surface area contributed by atoms with Crippen LogP contribution in [0.1, 0.15) is 69.5 Å². The lowest BCUT2D eigenvalue weighted by molar-refractivity contribution is 0.0823. The maximum atomic E-state index is 12.5. The van der Waals surface area contributed by atoms with E-state index in [1.807, 2.05) is 20.9 Å². The van der Waals surface area contributed by atoms with E-state index in [1.165, 1.54) is 0 Å². The van der Waals surface area contributed by atoms with Gasteiger partial charge in [0.15, 0.2) is 0 Å². The van der Waals surface area contributed by atoms with Gasteiger partial charge in [0.25, 0.3) is 11.8 Å². The second-order valence-corrected chi connectivity index (χ2v) is 8.15. The molecule has 2 aromatic heterocycles. The fraction of sp³-hybridized carbons (Fsp3) is 0.571. The molecule has 8 nitrogen and oxygen atoms in total. The Kier molecular flexibility index (Phi) is 6.30. The molecule has 0 unspecified atom stereocenters. The molecule has 1 aliphatic rings. The fourth-order valence-electron chi connectivity index (χ4n) is 4.00. The van der Waals surface area contributed by atoms with Crippen LogP contribution in [0.3, 0.4) is 0 Å². The molecule has 3 rings (SSSR count). The van der Waals surface area contributed by atoms with Crippen molar-refractivity contribution in [1.82, 2.24) is 30.0 Å². The highest BCUT2D eigenvalue weighted by atomic mass is 16.2. The van der Waals surface area contributed by atoms with Gasteiger partial charge in [-0.1, -0.05) is 0 Å². The van der Waals surface area contributed by atoms with Crippen LogP contribution in [-0.2, 0) is 7.05 Å². The lowest BCUT2D eigenvalue weighted by Gasteiger charge is -2.29. The molecular formula is C21H30N6O2. The number of amides is 2. The van der Waals surface area contributed by atoms with E-state index in [9.17, 15) is 9.59 Å². The van der Waals surface area contributed by atoms with Gasteiger partial charge in [-0.25, -0.2) is 9.97 Å². The zero-order valence-electron chi connectivity index (χ0n) is 17.9. The predicted molar refractivity (Wildman–Crippen MR) is 110 cm³/mol. The van der Waals surface area contributed by atoms with Crippen LogP contribution in [0.4, 0.5) is 0 Å². The fourth-order valence-corrected chi connectivity index (χ4v) is 4.00. The Hall–Kier alpha value is -2.77. The molecule has 0 atom stereocenters. The van der Waals surface area contributed by atoms with Crippen molar-refractivity contribution in [1.29, 1.82) is 0 Å². The topological polar surface area (TPSA) is 93.0 Å². The summed E-state index contributed by atoms with van der Waals surface area (Å²) in [4.78, 5) is 35.3. The van der Waals surface area contributed by atoms with Gasteiger partial charge in [0, 0.05) is 46.0 Å². The van der Waals surface area contributed by atoms with E-state index in [-0.39, 0.29) is 17.7 Å². The Bertz CT molecular complexity index is 897. The lowest BCUT2D eigenvalue weighted by Crippen LogP contribution is -2.32. The Morgan fingerprint density at radius 2 is 1.86 bits per heavy atom. The van der Waals surface area contributed by atoms with E-state index >= 15 is 0 Å². The molecule has 1 fully saturated rings. The molecule has 1 saturated carbocycles. The van der Waals surface area contributed by atoms with Crippen molar-refractivity contribution in [2.45, 2.75) is 45.4 Å². The first-order valence-electron chi connectivity index (χ1n) is 10.1. The van der Waals surface area contributed by atoms with Crippen molar-refractivity contribution in [3.05, 3.63) is 40.7 Å². The van der Waals surface area contributed by atoms with Crippen LogP contribution >= 0.6 is 0 Å². The standard InChI is InChI=1S/C21H30N6O2/c1-13-18(12-27(5)25-13)20(28)23-10-15-6-8-16(9-7-15)19-17(21(29)26(3)4)11-22-14(2)24-19/h11-12,15-16H,6-10H2,1-5H3,(H,23,28). The molecule has 0 radical (unpaired) electrons. The molecule has 0 saturated heterocycles. The molecule has 2 amide bonds. The van der Waals surface area contributed by atoms with Gasteiger partial charge in [0.2, 0.25) is 0 Å². The number of aryl methyl sites for hydroxylation is 3. The van der Waals surface area contributed by atoms with E-state index < -0.39 is 0 Å². The minimum atomic E-state index is -0.0667. The van der Waals surface area contributed by atoms with Gasteiger partial charge >= 0.3 is 0 Å². The van der Waals surface area contributed by atoms with Crippen LogP contribution in [0.2, 0.25) is 0 Å². The largest absolute Gasteiger partial charge is 0.352 e. The monoisotopic (exact) mass is 398 g/mol. The molecule has 29 heavy (non-hydrogen) atoms. The summed E-state index contributed by atoms with van der Waals surface area (Å²) < 4.78 is 1.66. The first kappa shape index (κ1) is 21.0. The van der Waals surface area contributed by atoms with Crippen LogP contribution in [0.15, 0.2) is 12.4 Å². The molecule has 1 N–H and O–H groups in total. The minimum Gasteiger partial charge on any atom is -0.352 e. The van der Waals surface area contributed by atoms with Gasteiger partial charge < -0.3 is 10.2 Å². The molecule has 0 spiro atoms. The summed E-state index contributed by atoms with van der Waals surface area (Å²) in [6.07, 6.45) is 7.31. The molecule has 156 valence electrons. The number of aromatic nitrogens is 4. The summed E-state index contributed by atoms with van der Waals surface area (Å²) in [7, 11) is 5.31. The second-order valence-electron chi connectivity index (χ2n) is 8.15. The summed E-state index contributed by atoms with van der Waals surface area (Å²) in [5.41, 5.74) is 2.84. The zero-order chi connectivity index (χ0) is 21.1. The average Bonchev–Trinajstić information content (AvgIpc) is 3.04. The quantitative estimate of drug-likeness (QED) is 0.834. The first-order valence-corrected chi connectivity index (χ1v) is 10.1. The van der Waals surface area contributed by atoms with E-state index in [0.29, 0.717) is 29.4 Å². The third-order valence-corrected chi connectivity index (χ3v) is 5.62. The summed E-state index contributed by atoms with van der Waals surface area (Å²) in [6.45, 7) is 4.36. The highest BCUT2D eigenvalue weighted by molar-refractivity contribution is 5.95. The maximum Gasteiger partial charge on any atom is 0.256 e. The lowest BCUT2D eigenvalue weighted by atomic mass is 9.79. The first-order chi connectivity index (χ1) is 13.8. The SMILES string of the molecule is Cc1ncc(C(=O)N(C)C)c(C2CCC(CNC(=O)c3cn(C)nc3C)CC2)n1. The summed E-state index contributed by atoms with van der Waals surface area (Å²) in [5, 5.41) is 7.28. The Morgan fingerprint density at radius 3 is 2.45 bits per heavy atom. The van der Waals surface area contributed by atoms with Crippen LogP contribution in [0, 0.1) is 19.8 Å². The second kappa shape index (κ2) is 8.71. The van der Waals surface area contributed by atoms with Gasteiger partial charge in [-0.05, 0) is 45.4 Å². The van der Waals surface area contributed by atoms with Crippen LogP contribution in [-0.4, -0.2) is 57.1 Å². The summed E-state index contributed by atoms with van der Waals surface area (Å²) >= 11 is 0. The van der Waals surface area contributed by atoms with Crippen LogP contribution in [0.5, 0.6) is 0 Å². The predicted octanol–water partition coefficient (Wildman–Crippen LogP) is 2.23. The smallest absolute Gasteiger partial charge is 0.256 e. The number of hydrogen-bond acceptors (Lipinski definition) is 5. The third-order valence-electron chi connectivity index (χ3n) is 5.62. The number of carbonyl (C=O) groups excluding carboxylic acids is 2. The molecule has 0 aromatic carbocycles. The number of hydrogen-bond donors (Lipinski definition) is 1. The number of carbonyl (C=O) groups is 2. The zero-order valence-corrected chi connectivity index (χ0v) is 17.9. The minimum absolute atomic E-state index is 0.0544. The highest BCUT2D eigenvalue weighted by Crippen LogP contribution is 2.36. The van der Waals surface area contributed by atoms with Crippen molar-refractivity contribution in [2.24, 2.45) is 13.0 Å². The summed E-state index contributed by atoms with van der Waals surface area (Å²) in [5.74, 6) is 1.26. The number of rotatable bonds is 5. The van der Waals surface area contributed by atoms with E-state index in [1.54, 1.807) is 36.1 Å². The molecule has 0 aliphatic heterocycles. The number of nitrogens with zero attached hydrogens (tertiary/aromatic N) is 5. The molecule has 2 heterocycles. The highest BCUT2D eigenvalue weighted by Gasteiger charge is 2.28. The summed E-state index contributed by atoms with van der Waals surface area (Å²) in [6, 6.07) is 0. The van der Waals surface area contributed by atoms with Gasteiger partial charge in [0.05, 0.1) is 22.5 Å². The van der Waals surface area contributed by atoms with Gasteiger partial charge in [0.1, 0.15) is 5.82 Å². The van der Waals surface area contributed by atoms with Crippen LogP contribution < -0.4 is 5.32 Å². The van der Waals surface area contributed by atoms with E-state index in [0.717, 1.165) is 37.1 Å². The molecule has 8 heteroatoms. The molecular weight excluding hydrogens is 368 g/mol. The Labute approximate surface area is 171 Å². The third kappa shape index (κ3) is 4.81.